The normalized spacial score (nSPS) is 13.5. The Morgan fingerprint density at radius 2 is 2.14 bits per heavy atom. The molecule has 112 valence electrons. The van der Waals surface area contributed by atoms with Crippen molar-refractivity contribution in [1.29, 1.82) is 0 Å². The van der Waals surface area contributed by atoms with Crippen molar-refractivity contribution in [3.8, 4) is 0 Å². The lowest BCUT2D eigenvalue weighted by Gasteiger charge is -2.14. The summed E-state index contributed by atoms with van der Waals surface area (Å²) in [5.74, 6) is -1.99. The molecule has 8 heteroatoms. The predicted molar refractivity (Wildman–Crippen MR) is 77.1 cm³/mol. The number of nitrogens with zero attached hydrogens (tertiary/aromatic N) is 2. The Labute approximate surface area is 129 Å². The number of hydrogen-bond acceptors (Lipinski definition) is 5. The van der Waals surface area contributed by atoms with E-state index in [1.165, 1.54) is 6.07 Å². The van der Waals surface area contributed by atoms with Crippen LogP contribution >= 0.6 is 11.6 Å². The highest BCUT2D eigenvalue weighted by molar-refractivity contribution is 6.36. The van der Waals surface area contributed by atoms with E-state index in [1.54, 1.807) is 25.1 Å². The highest BCUT2D eigenvalue weighted by Gasteiger charge is 2.43. The van der Waals surface area contributed by atoms with Gasteiger partial charge in [0.15, 0.2) is 11.4 Å². The maximum absolute atomic E-state index is 12.5. The number of benzene rings is 1. The van der Waals surface area contributed by atoms with Crippen LogP contribution < -0.4 is 4.90 Å². The van der Waals surface area contributed by atoms with Crippen LogP contribution in [0, 0.1) is 0 Å². The molecule has 2 amide bonds. The third-order valence-electron chi connectivity index (χ3n) is 3.13. The van der Waals surface area contributed by atoms with Crippen molar-refractivity contribution >= 4 is 35.1 Å². The van der Waals surface area contributed by atoms with Gasteiger partial charge in [-0.3, -0.25) is 14.7 Å². The Kier molecular flexibility index (Phi) is 3.42. The van der Waals surface area contributed by atoms with Crippen molar-refractivity contribution in [2.24, 2.45) is 0 Å². The number of imide groups is 1. The van der Waals surface area contributed by atoms with Crippen LogP contribution in [0.3, 0.4) is 0 Å². The number of amides is 2. The van der Waals surface area contributed by atoms with Gasteiger partial charge in [-0.15, -0.1) is 0 Å². The molecule has 0 fully saturated rings. The lowest BCUT2D eigenvalue weighted by molar-refractivity contribution is 0.0516. The maximum Gasteiger partial charge on any atom is 0.357 e. The van der Waals surface area contributed by atoms with Gasteiger partial charge in [0, 0.05) is 5.02 Å². The van der Waals surface area contributed by atoms with E-state index in [0.29, 0.717) is 10.7 Å². The van der Waals surface area contributed by atoms with Crippen LogP contribution in [0.25, 0.3) is 0 Å². The molecule has 0 atom stereocenters. The van der Waals surface area contributed by atoms with E-state index in [0.717, 1.165) is 4.90 Å². The second-order valence-corrected chi connectivity index (χ2v) is 4.90. The molecule has 2 aromatic rings. The number of hydrogen-bond donors (Lipinski definition) is 1. The molecular formula is C14H10ClN3O4. The number of rotatable bonds is 3. The summed E-state index contributed by atoms with van der Waals surface area (Å²) >= 11 is 5.88. The number of ether oxygens (including phenoxy) is 1. The smallest absolute Gasteiger partial charge is 0.357 e. The number of aromatic nitrogens is 2. The van der Waals surface area contributed by atoms with Gasteiger partial charge in [0.25, 0.3) is 11.8 Å². The van der Waals surface area contributed by atoms with Crippen molar-refractivity contribution in [3.05, 3.63) is 46.2 Å². The van der Waals surface area contributed by atoms with E-state index in [2.05, 4.69) is 10.2 Å². The molecule has 2 heterocycles. The number of H-pyrrole nitrogens is 1. The first-order valence-corrected chi connectivity index (χ1v) is 6.82. The number of carbonyl (C=O) groups is 3. The Balaban J connectivity index is 2.04. The molecule has 22 heavy (non-hydrogen) atoms. The van der Waals surface area contributed by atoms with Gasteiger partial charge >= 0.3 is 5.97 Å². The average molecular weight is 320 g/mol. The van der Waals surface area contributed by atoms with Gasteiger partial charge in [-0.05, 0) is 25.1 Å². The molecule has 0 bridgehead atoms. The summed E-state index contributed by atoms with van der Waals surface area (Å²) in [5, 5.41) is 6.53. The number of aromatic amines is 1. The van der Waals surface area contributed by atoms with E-state index in [-0.39, 0.29) is 23.6 Å². The highest BCUT2D eigenvalue weighted by Crippen LogP contribution is 2.30. The summed E-state index contributed by atoms with van der Waals surface area (Å²) in [6.45, 7) is 1.78. The SMILES string of the molecule is CCOC(=O)c1[nH]nc2c1C(=O)N(c1cccc(Cl)c1)C2=O. The molecule has 1 aliphatic heterocycles. The van der Waals surface area contributed by atoms with Crippen LogP contribution in [0.4, 0.5) is 5.69 Å². The number of carbonyl (C=O) groups excluding carboxylic acids is 3. The van der Waals surface area contributed by atoms with Crippen LogP contribution in [0.5, 0.6) is 0 Å². The quantitative estimate of drug-likeness (QED) is 0.690. The summed E-state index contributed by atoms with van der Waals surface area (Å²) < 4.78 is 4.84. The van der Waals surface area contributed by atoms with Crippen molar-refractivity contribution in [2.75, 3.05) is 11.5 Å². The molecule has 1 aromatic heterocycles. The first-order valence-electron chi connectivity index (χ1n) is 6.44. The largest absolute Gasteiger partial charge is 0.461 e. The van der Waals surface area contributed by atoms with Gasteiger partial charge in [0.1, 0.15) is 5.56 Å². The molecule has 0 spiro atoms. The summed E-state index contributed by atoms with van der Waals surface area (Å²) in [5.41, 5.74) is 0.00601. The predicted octanol–water partition coefficient (Wildman–Crippen LogP) is 2.04. The number of nitrogens with one attached hydrogen (secondary N) is 1. The summed E-state index contributed by atoms with van der Waals surface area (Å²) in [7, 11) is 0. The molecule has 1 aromatic carbocycles. The van der Waals surface area contributed by atoms with Gasteiger partial charge in [-0.2, -0.15) is 5.10 Å². The van der Waals surface area contributed by atoms with Crippen molar-refractivity contribution in [1.82, 2.24) is 10.2 Å². The van der Waals surface area contributed by atoms with Crippen molar-refractivity contribution in [2.45, 2.75) is 6.92 Å². The minimum atomic E-state index is -0.731. The Bertz CT molecular complexity index is 799. The van der Waals surface area contributed by atoms with Crippen molar-refractivity contribution < 1.29 is 19.1 Å². The van der Waals surface area contributed by atoms with Crippen LogP contribution in [0.2, 0.25) is 5.02 Å². The average Bonchev–Trinajstić information content (AvgIpc) is 3.01. The lowest BCUT2D eigenvalue weighted by atomic mass is 10.2. The summed E-state index contributed by atoms with van der Waals surface area (Å²) in [6.07, 6.45) is 0. The van der Waals surface area contributed by atoms with Crippen LogP contribution in [-0.2, 0) is 4.74 Å². The fraction of sp³-hybridized carbons (Fsp3) is 0.143. The molecule has 7 nitrogen and oxygen atoms in total. The minimum absolute atomic E-state index is 0.0802. The first kappa shape index (κ1) is 14.3. The van der Waals surface area contributed by atoms with Gasteiger partial charge in [-0.25, -0.2) is 9.69 Å². The standard InChI is InChI=1S/C14H10ClN3O4/c1-2-22-14(21)11-9-10(16-17-11)13(20)18(12(9)19)8-5-3-4-7(15)6-8/h3-6H,2H2,1H3,(H,16,17). The number of halogens is 1. The fourth-order valence-corrected chi connectivity index (χ4v) is 2.40. The number of fused-ring (bicyclic) bond motifs is 1. The third kappa shape index (κ3) is 2.06. The van der Waals surface area contributed by atoms with E-state index >= 15 is 0 Å². The zero-order valence-corrected chi connectivity index (χ0v) is 12.2. The number of esters is 1. The number of anilines is 1. The molecule has 1 N–H and O–H groups in total. The molecule has 0 saturated heterocycles. The highest BCUT2D eigenvalue weighted by atomic mass is 35.5. The van der Waals surface area contributed by atoms with Crippen LogP contribution in [-0.4, -0.2) is 34.6 Å². The monoisotopic (exact) mass is 319 g/mol. The Hall–Kier alpha value is -2.67. The van der Waals surface area contributed by atoms with E-state index in [1.807, 2.05) is 0 Å². The molecule has 0 aliphatic carbocycles. The summed E-state index contributed by atoms with van der Waals surface area (Å²) in [6, 6.07) is 6.30. The topological polar surface area (TPSA) is 92.4 Å². The zero-order chi connectivity index (χ0) is 15.9. The van der Waals surface area contributed by atoms with Gasteiger partial charge < -0.3 is 4.74 Å². The van der Waals surface area contributed by atoms with Crippen LogP contribution in [0.1, 0.15) is 38.3 Å². The lowest BCUT2D eigenvalue weighted by Crippen LogP contribution is -2.30. The van der Waals surface area contributed by atoms with Gasteiger partial charge in [0.2, 0.25) is 0 Å². The zero-order valence-electron chi connectivity index (χ0n) is 11.4. The fourth-order valence-electron chi connectivity index (χ4n) is 2.22. The Morgan fingerprint density at radius 3 is 2.82 bits per heavy atom. The molecule has 3 rings (SSSR count). The van der Waals surface area contributed by atoms with Gasteiger partial charge in [0.05, 0.1) is 12.3 Å². The summed E-state index contributed by atoms with van der Waals surface area (Å²) in [4.78, 5) is 37.6. The maximum atomic E-state index is 12.5. The molecule has 0 unspecified atom stereocenters. The second-order valence-electron chi connectivity index (χ2n) is 4.47. The molecule has 0 radical (unpaired) electrons. The molecule has 1 aliphatic rings. The van der Waals surface area contributed by atoms with E-state index in [9.17, 15) is 14.4 Å². The first-order chi connectivity index (χ1) is 10.5. The van der Waals surface area contributed by atoms with E-state index in [4.69, 9.17) is 16.3 Å². The second kappa shape index (κ2) is 5.27. The van der Waals surface area contributed by atoms with Crippen LogP contribution in [0.15, 0.2) is 24.3 Å². The Morgan fingerprint density at radius 1 is 1.36 bits per heavy atom. The minimum Gasteiger partial charge on any atom is -0.461 e. The van der Waals surface area contributed by atoms with Gasteiger partial charge in [-0.1, -0.05) is 17.7 Å². The molecule has 0 saturated carbocycles. The molecular weight excluding hydrogens is 310 g/mol. The van der Waals surface area contributed by atoms with E-state index < -0.39 is 17.8 Å². The van der Waals surface area contributed by atoms with Crippen molar-refractivity contribution in [3.63, 3.8) is 0 Å². The third-order valence-corrected chi connectivity index (χ3v) is 3.37.